The lowest BCUT2D eigenvalue weighted by atomic mass is 9.82. The Hall–Kier alpha value is -2.89. The molecule has 2 fully saturated rings. The molecule has 43 heavy (non-hydrogen) atoms. The Morgan fingerprint density at radius 3 is 2.42 bits per heavy atom. The number of aromatic nitrogens is 1. The van der Waals surface area contributed by atoms with E-state index in [4.69, 9.17) is 9.47 Å². The van der Waals surface area contributed by atoms with Gasteiger partial charge >= 0.3 is 6.09 Å². The van der Waals surface area contributed by atoms with E-state index in [1.54, 1.807) is 39.1 Å². The SMILES string of the molecule is CO[C@@H]1C[C@H](C(=O)Nc2cc(C(CCC3CC3)(N[S@@](=O)C(C)(C)C)c3ccccn3)ccc2F)N(C(=O)OC(C)(C)C)C1. The zero-order valence-corrected chi connectivity index (χ0v) is 27.1. The number of nitrogens with zero attached hydrogens (tertiary/aromatic N) is 2. The third-order valence-electron chi connectivity index (χ3n) is 7.79. The molecule has 11 heteroatoms. The molecule has 0 bridgehead atoms. The van der Waals surface area contributed by atoms with Gasteiger partial charge in [-0.2, -0.15) is 0 Å². The number of rotatable bonds is 10. The normalized spacial score (nSPS) is 21.3. The van der Waals surface area contributed by atoms with Gasteiger partial charge in [0.1, 0.15) is 17.5 Å². The summed E-state index contributed by atoms with van der Waals surface area (Å²) in [6, 6.07) is 9.20. The summed E-state index contributed by atoms with van der Waals surface area (Å²) in [5.74, 6) is -0.604. The van der Waals surface area contributed by atoms with Gasteiger partial charge in [-0.25, -0.2) is 18.1 Å². The number of ether oxygens (including phenoxy) is 2. The van der Waals surface area contributed by atoms with Crippen molar-refractivity contribution in [3.8, 4) is 0 Å². The number of methoxy groups -OCH3 is 1. The van der Waals surface area contributed by atoms with Crippen molar-refractivity contribution in [2.75, 3.05) is 19.0 Å². The minimum absolute atomic E-state index is 0.0393. The van der Waals surface area contributed by atoms with Crippen LogP contribution in [0.25, 0.3) is 0 Å². The summed E-state index contributed by atoms with van der Waals surface area (Å²) in [7, 11) is 0.0291. The summed E-state index contributed by atoms with van der Waals surface area (Å²) in [6.45, 7) is 11.1. The fourth-order valence-corrected chi connectivity index (χ4v) is 6.13. The molecule has 2 N–H and O–H groups in total. The molecule has 1 aromatic heterocycles. The number of hydrogen-bond donors (Lipinski definition) is 2. The van der Waals surface area contributed by atoms with Crippen molar-refractivity contribution in [2.24, 2.45) is 5.92 Å². The van der Waals surface area contributed by atoms with Gasteiger partial charge in [-0.3, -0.25) is 14.7 Å². The molecule has 1 unspecified atom stereocenters. The second-order valence-corrected chi connectivity index (χ2v) is 15.5. The molecule has 0 radical (unpaired) electrons. The first-order valence-corrected chi connectivity index (χ1v) is 16.0. The van der Waals surface area contributed by atoms with E-state index in [0.717, 1.165) is 19.3 Å². The van der Waals surface area contributed by atoms with Gasteiger partial charge in [0.05, 0.1) is 45.3 Å². The second kappa shape index (κ2) is 13.0. The summed E-state index contributed by atoms with van der Waals surface area (Å²) < 4.78 is 42.8. The highest BCUT2D eigenvalue weighted by atomic mass is 32.2. The van der Waals surface area contributed by atoms with Crippen LogP contribution in [0.2, 0.25) is 0 Å². The molecule has 1 aliphatic carbocycles. The van der Waals surface area contributed by atoms with E-state index >= 15 is 4.39 Å². The molecular formula is C32H45FN4O5S. The maximum Gasteiger partial charge on any atom is 0.411 e. The Morgan fingerprint density at radius 1 is 1.12 bits per heavy atom. The quantitative estimate of drug-likeness (QED) is 0.356. The molecular weight excluding hydrogens is 571 g/mol. The minimum Gasteiger partial charge on any atom is -0.444 e. The third kappa shape index (κ3) is 8.19. The number of anilines is 1. The standard InChI is InChI=1S/C32H45FN4O5S/c1-30(2,3)42-29(39)37-20-23(41-7)19-26(37)28(38)35-25-18-22(13-14-24(25)33)32(16-15-21-11-12-21,27-10-8-9-17-34-27)36-43(40)31(4,5)6/h8-10,13-14,17-18,21,23,26,36H,11-12,15-16,19-20H2,1-7H3,(H,35,38)/t23-,26-,32?,43+/m1/s1. The van der Waals surface area contributed by atoms with Gasteiger partial charge in [0, 0.05) is 19.7 Å². The smallest absolute Gasteiger partial charge is 0.411 e. The van der Waals surface area contributed by atoms with Crippen LogP contribution in [-0.2, 0) is 30.8 Å². The van der Waals surface area contributed by atoms with Crippen molar-refractivity contribution in [3.63, 3.8) is 0 Å². The number of likely N-dealkylation sites (tertiary alicyclic amines) is 1. The fraction of sp³-hybridized carbons (Fsp3) is 0.594. The molecule has 1 saturated heterocycles. The van der Waals surface area contributed by atoms with Gasteiger partial charge in [-0.15, -0.1) is 0 Å². The molecule has 2 heterocycles. The Kier molecular flexibility index (Phi) is 9.98. The predicted octanol–water partition coefficient (Wildman–Crippen LogP) is 5.67. The van der Waals surface area contributed by atoms with E-state index in [-0.39, 0.29) is 24.8 Å². The van der Waals surface area contributed by atoms with E-state index in [0.29, 0.717) is 23.6 Å². The molecule has 4 atom stereocenters. The highest BCUT2D eigenvalue weighted by molar-refractivity contribution is 7.84. The van der Waals surface area contributed by atoms with Crippen LogP contribution in [0.15, 0.2) is 42.6 Å². The Balaban J connectivity index is 1.71. The van der Waals surface area contributed by atoms with Gasteiger partial charge < -0.3 is 14.8 Å². The second-order valence-electron chi connectivity index (χ2n) is 13.5. The molecule has 9 nitrogen and oxygen atoms in total. The van der Waals surface area contributed by atoms with E-state index in [1.807, 2.05) is 39.0 Å². The first kappa shape index (κ1) is 33.0. The van der Waals surface area contributed by atoms with E-state index < -0.39 is 50.7 Å². The van der Waals surface area contributed by atoms with Crippen LogP contribution in [0.5, 0.6) is 0 Å². The molecule has 0 spiro atoms. The summed E-state index contributed by atoms with van der Waals surface area (Å²) in [6.07, 6.45) is 4.67. The average Bonchev–Trinajstić information content (AvgIpc) is 3.66. The number of amides is 2. The molecule has 4 rings (SSSR count). The third-order valence-corrected chi connectivity index (χ3v) is 9.44. The fourth-order valence-electron chi connectivity index (χ4n) is 5.18. The molecule has 1 aliphatic heterocycles. The highest BCUT2D eigenvalue weighted by Gasteiger charge is 2.43. The van der Waals surface area contributed by atoms with Crippen molar-refractivity contribution in [3.05, 3.63) is 59.7 Å². The summed E-state index contributed by atoms with van der Waals surface area (Å²) >= 11 is 0. The van der Waals surface area contributed by atoms with Gasteiger partial charge in [-0.1, -0.05) is 25.0 Å². The van der Waals surface area contributed by atoms with Gasteiger partial charge in [0.25, 0.3) is 0 Å². The number of pyridine rings is 1. The van der Waals surface area contributed by atoms with Gasteiger partial charge in [0.15, 0.2) is 0 Å². The van der Waals surface area contributed by atoms with E-state index in [1.165, 1.54) is 18.1 Å². The molecule has 1 saturated carbocycles. The predicted molar refractivity (Wildman–Crippen MR) is 165 cm³/mol. The van der Waals surface area contributed by atoms with Crippen molar-refractivity contribution < 1.29 is 27.7 Å². The number of carbonyl (C=O) groups is 2. The van der Waals surface area contributed by atoms with Crippen molar-refractivity contribution >= 4 is 28.7 Å². The number of carbonyl (C=O) groups excluding carboxylic acids is 2. The minimum atomic E-state index is -1.49. The van der Waals surface area contributed by atoms with Crippen LogP contribution < -0.4 is 10.0 Å². The van der Waals surface area contributed by atoms with Crippen LogP contribution in [0.1, 0.15) is 84.9 Å². The molecule has 1 aromatic carbocycles. The summed E-state index contributed by atoms with van der Waals surface area (Å²) in [5.41, 5.74) is -0.508. The number of halogens is 1. The molecule has 2 amide bonds. The number of nitrogens with one attached hydrogen (secondary N) is 2. The maximum atomic E-state index is 15.4. The number of hydrogen-bond acceptors (Lipinski definition) is 6. The Morgan fingerprint density at radius 2 is 1.84 bits per heavy atom. The molecule has 2 aromatic rings. The first-order chi connectivity index (χ1) is 20.1. The Bertz CT molecular complexity index is 1330. The molecule has 2 aliphatic rings. The highest BCUT2D eigenvalue weighted by Crippen LogP contribution is 2.42. The van der Waals surface area contributed by atoms with E-state index in [9.17, 15) is 13.8 Å². The number of benzene rings is 1. The van der Waals surface area contributed by atoms with Crippen molar-refractivity contribution in [2.45, 2.75) is 102 Å². The summed E-state index contributed by atoms with van der Waals surface area (Å²) in [5, 5.41) is 2.73. The average molecular weight is 617 g/mol. The first-order valence-electron chi connectivity index (χ1n) is 14.9. The largest absolute Gasteiger partial charge is 0.444 e. The molecule has 236 valence electrons. The van der Waals surface area contributed by atoms with Crippen LogP contribution in [0.4, 0.5) is 14.9 Å². The monoisotopic (exact) mass is 616 g/mol. The lowest BCUT2D eigenvalue weighted by Crippen LogP contribution is -2.49. The zero-order valence-electron chi connectivity index (χ0n) is 26.2. The topological polar surface area (TPSA) is 110 Å². The Labute approximate surface area is 256 Å². The van der Waals surface area contributed by atoms with Crippen LogP contribution in [0.3, 0.4) is 0 Å². The zero-order chi connectivity index (χ0) is 31.6. The van der Waals surface area contributed by atoms with Crippen LogP contribution >= 0.6 is 0 Å². The van der Waals surface area contributed by atoms with Gasteiger partial charge in [-0.05, 0) is 90.1 Å². The lowest BCUT2D eigenvalue weighted by Gasteiger charge is -2.37. The maximum absolute atomic E-state index is 15.4. The van der Waals surface area contributed by atoms with Crippen molar-refractivity contribution in [1.82, 2.24) is 14.6 Å². The lowest BCUT2D eigenvalue weighted by molar-refractivity contribution is -0.120. The van der Waals surface area contributed by atoms with Crippen LogP contribution in [-0.4, -0.2) is 62.2 Å². The summed E-state index contributed by atoms with van der Waals surface area (Å²) in [4.78, 5) is 32.6. The van der Waals surface area contributed by atoms with Gasteiger partial charge in [0.2, 0.25) is 5.91 Å². The van der Waals surface area contributed by atoms with Crippen molar-refractivity contribution in [1.29, 1.82) is 0 Å². The van der Waals surface area contributed by atoms with E-state index in [2.05, 4.69) is 15.0 Å². The van der Waals surface area contributed by atoms with Crippen LogP contribution in [0, 0.1) is 11.7 Å².